The summed E-state index contributed by atoms with van der Waals surface area (Å²) in [5, 5.41) is 7.59. The Balaban J connectivity index is 1.75. The summed E-state index contributed by atoms with van der Waals surface area (Å²) < 4.78 is 28.7. The maximum absolute atomic E-state index is 13.6. The van der Waals surface area contributed by atoms with E-state index < -0.39 is 11.6 Å². The van der Waals surface area contributed by atoms with Gasteiger partial charge in [-0.15, -0.1) is 0 Å². The second kappa shape index (κ2) is 5.32. The van der Waals surface area contributed by atoms with Crippen LogP contribution in [0.1, 0.15) is 35.7 Å². The van der Waals surface area contributed by atoms with Crippen molar-refractivity contribution in [2.45, 2.75) is 31.8 Å². The average Bonchev–Trinajstić information content (AvgIpc) is 2.83. The van der Waals surface area contributed by atoms with Crippen molar-refractivity contribution in [3.8, 4) is 0 Å². The van der Waals surface area contributed by atoms with Crippen LogP contribution in [-0.4, -0.2) is 9.78 Å². The van der Waals surface area contributed by atoms with E-state index in [4.69, 9.17) is 0 Å². The molecule has 0 bridgehead atoms. The minimum atomic E-state index is -0.796. The van der Waals surface area contributed by atoms with Gasteiger partial charge in [0, 0.05) is 36.5 Å². The second-order valence-electron chi connectivity index (χ2n) is 5.21. The molecule has 0 saturated heterocycles. The largest absolute Gasteiger partial charge is 0.306 e. The number of hydrogen-bond acceptors (Lipinski definition) is 2. The van der Waals surface area contributed by atoms with Crippen LogP contribution in [0.5, 0.6) is 0 Å². The lowest BCUT2D eigenvalue weighted by Crippen LogP contribution is -2.25. The van der Waals surface area contributed by atoms with Crippen molar-refractivity contribution >= 4 is 0 Å². The zero-order chi connectivity index (χ0) is 14.1. The first-order valence-corrected chi connectivity index (χ1v) is 6.84. The highest BCUT2D eigenvalue weighted by molar-refractivity contribution is 5.25. The molecule has 0 aliphatic heterocycles. The van der Waals surface area contributed by atoms with Gasteiger partial charge in [-0.1, -0.05) is 12.1 Å². The average molecular weight is 277 g/mol. The Morgan fingerprint density at radius 1 is 1.40 bits per heavy atom. The van der Waals surface area contributed by atoms with Crippen LogP contribution in [0.4, 0.5) is 8.78 Å². The van der Waals surface area contributed by atoms with Crippen LogP contribution in [0.25, 0.3) is 0 Å². The van der Waals surface area contributed by atoms with Gasteiger partial charge in [-0.25, -0.2) is 8.78 Å². The number of hydrogen-bond donors (Lipinski definition) is 1. The minimum Gasteiger partial charge on any atom is -0.306 e. The maximum Gasteiger partial charge on any atom is 0.163 e. The summed E-state index contributed by atoms with van der Waals surface area (Å²) >= 11 is 0. The monoisotopic (exact) mass is 277 g/mol. The molecule has 5 heteroatoms. The van der Waals surface area contributed by atoms with Crippen molar-refractivity contribution in [2.75, 3.05) is 0 Å². The highest BCUT2D eigenvalue weighted by Gasteiger charge is 2.23. The van der Waals surface area contributed by atoms with Crippen molar-refractivity contribution in [2.24, 2.45) is 7.05 Å². The Labute approximate surface area is 116 Å². The van der Waals surface area contributed by atoms with E-state index in [0.717, 1.165) is 25.3 Å². The van der Waals surface area contributed by atoms with Crippen LogP contribution < -0.4 is 5.32 Å². The lowest BCUT2D eigenvalue weighted by Gasteiger charge is -2.24. The third-order valence-corrected chi connectivity index (χ3v) is 3.95. The number of halogens is 2. The minimum absolute atomic E-state index is 0.162. The molecule has 0 fully saturated rings. The molecule has 1 unspecified atom stereocenters. The number of aromatic nitrogens is 2. The zero-order valence-electron chi connectivity index (χ0n) is 11.4. The molecular formula is C15H17F2N3. The van der Waals surface area contributed by atoms with Gasteiger partial charge in [0.1, 0.15) is 0 Å². The first kappa shape index (κ1) is 13.2. The molecule has 0 radical (unpaired) electrons. The summed E-state index contributed by atoms with van der Waals surface area (Å²) in [6, 6.07) is 4.44. The van der Waals surface area contributed by atoms with Gasteiger partial charge < -0.3 is 5.32 Å². The van der Waals surface area contributed by atoms with Crippen LogP contribution in [0.3, 0.4) is 0 Å². The highest BCUT2D eigenvalue weighted by Crippen LogP contribution is 2.29. The van der Waals surface area contributed by atoms with Crippen LogP contribution in [0, 0.1) is 11.6 Å². The third-order valence-electron chi connectivity index (χ3n) is 3.95. The molecule has 1 aromatic heterocycles. The summed E-state index contributed by atoms with van der Waals surface area (Å²) in [6.07, 6.45) is 4.97. The van der Waals surface area contributed by atoms with Crippen molar-refractivity contribution in [3.63, 3.8) is 0 Å². The quantitative estimate of drug-likeness (QED) is 0.935. The maximum atomic E-state index is 13.6. The molecule has 1 atom stereocenters. The SMILES string of the molecule is Cn1ncc2c1CCCC2NCc1cccc(F)c1F. The van der Waals surface area contributed by atoms with E-state index in [9.17, 15) is 8.78 Å². The van der Waals surface area contributed by atoms with Gasteiger partial charge in [0.2, 0.25) is 0 Å². The van der Waals surface area contributed by atoms with E-state index in [1.165, 1.54) is 17.3 Å². The molecule has 0 spiro atoms. The number of nitrogens with zero attached hydrogens (tertiary/aromatic N) is 2. The topological polar surface area (TPSA) is 29.9 Å². The Hall–Kier alpha value is -1.75. The van der Waals surface area contributed by atoms with E-state index in [0.29, 0.717) is 12.1 Å². The van der Waals surface area contributed by atoms with Crippen molar-refractivity contribution in [1.82, 2.24) is 15.1 Å². The molecule has 0 amide bonds. The Morgan fingerprint density at radius 3 is 3.10 bits per heavy atom. The predicted octanol–water partition coefficient (Wildman–Crippen LogP) is 2.87. The fourth-order valence-electron chi connectivity index (χ4n) is 2.84. The summed E-state index contributed by atoms with van der Waals surface area (Å²) in [7, 11) is 1.94. The van der Waals surface area contributed by atoms with Crippen LogP contribution in [-0.2, 0) is 20.0 Å². The molecule has 0 saturated carbocycles. The fraction of sp³-hybridized carbons (Fsp3) is 0.400. The lowest BCUT2D eigenvalue weighted by molar-refractivity contribution is 0.438. The van der Waals surface area contributed by atoms with Gasteiger partial charge in [-0.2, -0.15) is 5.10 Å². The van der Waals surface area contributed by atoms with Gasteiger partial charge in [0.15, 0.2) is 11.6 Å². The number of nitrogens with one attached hydrogen (secondary N) is 1. The first-order chi connectivity index (χ1) is 9.66. The molecule has 1 aliphatic rings. The van der Waals surface area contributed by atoms with Crippen LogP contribution >= 0.6 is 0 Å². The van der Waals surface area contributed by atoms with Gasteiger partial charge in [0.05, 0.1) is 6.20 Å². The van der Waals surface area contributed by atoms with Crippen LogP contribution in [0.2, 0.25) is 0 Å². The molecule has 1 heterocycles. The Bertz CT molecular complexity index is 622. The highest BCUT2D eigenvalue weighted by atomic mass is 19.2. The molecule has 1 N–H and O–H groups in total. The normalized spacial score (nSPS) is 18.1. The van der Waals surface area contributed by atoms with Gasteiger partial charge in [-0.05, 0) is 25.3 Å². The Morgan fingerprint density at radius 2 is 2.25 bits per heavy atom. The molecule has 3 rings (SSSR count). The van der Waals surface area contributed by atoms with Crippen LogP contribution in [0.15, 0.2) is 24.4 Å². The van der Waals surface area contributed by atoms with Gasteiger partial charge in [-0.3, -0.25) is 4.68 Å². The van der Waals surface area contributed by atoms with Crippen molar-refractivity contribution in [3.05, 3.63) is 52.9 Å². The fourth-order valence-corrected chi connectivity index (χ4v) is 2.84. The lowest BCUT2D eigenvalue weighted by atomic mass is 9.93. The molecule has 1 aliphatic carbocycles. The van der Waals surface area contributed by atoms with Gasteiger partial charge in [0.25, 0.3) is 0 Å². The number of fused-ring (bicyclic) bond motifs is 1. The van der Waals surface area contributed by atoms with Gasteiger partial charge >= 0.3 is 0 Å². The third kappa shape index (κ3) is 2.33. The van der Waals surface area contributed by atoms with E-state index in [2.05, 4.69) is 10.4 Å². The van der Waals surface area contributed by atoms with Crippen molar-refractivity contribution in [1.29, 1.82) is 0 Å². The molecule has 1 aromatic carbocycles. The first-order valence-electron chi connectivity index (χ1n) is 6.84. The zero-order valence-corrected chi connectivity index (χ0v) is 11.4. The number of benzene rings is 1. The summed E-state index contributed by atoms with van der Waals surface area (Å²) in [6.45, 7) is 0.322. The van der Waals surface area contributed by atoms with E-state index in [-0.39, 0.29) is 6.04 Å². The molecule has 106 valence electrons. The summed E-state index contributed by atoms with van der Waals surface area (Å²) in [4.78, 5) is 0. The smallest absolute Gasteiger partial charge is 0.163 e. The predicted molar refractivity (Wildman–Crippen MR) is 72.1 cm³/mol. The molecular weight excluding hydrogens is 260 g/mol. The Kier molecular flexibility index (Phi) is 3.53. The standard InChI is InChI=1S/C15H17F2N3/c1-20-14-7-3-6-13(11(14)9-19-20)18-8-10-4-2-5-12(16)15(10)17/h2,4-5,9,13,18H,3,6-8H2,1H3. The molecule has 20 heavy (non-hydrogen) atoms. The summed E-state index contributed by atoms with van der Waals surface area (Å²) in [5.41, 5.74) is 2.77. The molecule has 3 nitrogen and oxygen atoms in total. The van der Waals surface area contributed by atoms with E-state index >= 15 is 0 Å². The second-order valence-corrected chi connectivity index (χ2v) is 5.21. The molecule has 2 aromatic rings. The van der Waals surface area contributed by atoms with E-state index in [1.54, 1.807) is 6.07 Å². The van der Waals surface area contributed by atoms with E-state index in [1.807, 2.05) is 17.9 Å². The number of aryl methyl sites for hydroxylation is 1. The number of rotatable bonds is 3. The summed E-state index contributed by atoms with van der Waals surface area (Å²) in [5.74, 6) is -1.56. The van der Waals surface area contributed by atoms with Crippen molar-refractivity contribution < 1.29 is 8.78 Å².